The Morgan fingerprint density at radius 3 is 0.0500 bits per heavy atom. The molecular formula is H75Cl5Mg35. The minimum atomic E-state index is 0. The molecule has 0 aromatic carbocycles. The van der Waals surface area contributed by atoms with E-state index in [1.807, 2.05) is 0 Å². The van der Waals surface area contributed by atoms with Gasteiger partial charge >= 0.3 is 807 Å². The van der Waals surface area contributed by atoms with E-state index in [0.717, 1.165) is 0 Å². The Kier molecular flexibility index (Phi) is 3570. The summed E-state index contributed by atoms with van der Waals surface area (Å²) in [5.41, 5.74) is 0. The zero-order chi connectivity index (χ0) is 0. The van der Waals surface area contributed by atoms with Crippen LogP contribution >= 0.6 is 62.0 Å². The zero-order valence-electron chi connectivity index (χ0n) is 2.04. The van der Waals surface area contributed by atoms with Gasteiger partial charge in [-0.1, -0.05) is 0 Å². The Balaban J connectivity index is 0. The van der Waals surface area contributed by atoms with Gasteiger partial charge in [0.1, 0.15) is 0 Å². The van der Waals surface area contributed by atoms with Crippen molar-refractivity contribution in [1.82, 2.24) is 0 Å². The molecule has 180 valence electrons. The monoisotopic (exact) mass is 1090 g/mol. The molecule has 0 saturated heterocycles. The van der Waals surface area contributed by atoms with Crippen molar-refractivity contribution in [3.05, 3.63) is 0 Å². The third kappa shape index (κ3) is 353. The van der Waals surface area contributed by atoms with E-state index < -0.39 is 0 Å². The molecule has 0 nitrogen and oxygen atoms in total. The van der Waals surface area contributed by atoms with Crippen LogP contribution in [0.2, 0.25) is 0 Å². The maximum absolute atomic E-state index is 0. The molecule has 0 aromatic heterocycles. The van der Waals surface area contributed by atoms with Crippen LogP contribution in [0, 0.1) is 0 Å². The van der Waals surface area contributed by atoms with Gasteiger partial charge in [0, 0.05) is 0 Å². The second-order valence-electron chi connectivity index (χ2n) is 0. The molecule has 40 heteroatoms. The van der Waals surface area contributed by atoms with E-state index in [9.17, 15) is 0 Å². The summed E-state index contributed by atoms with van der Waals surface area (Å²) in [6.07, 6.45) is 0. The first kappa shape index (κ1) is 387. The van der Waals surface area contributed by atoms with Crippen LogP contribution in [0.5, 0.6) is 0 Å². The van der Waals surface area contributed by atoms with E-state index in [1.165, 1.54) is 0 Å². The van der Waals surface area contributed by atoms with Gasteiger partial charge in [0.15, 0.2) is 0 Å². The fraction of sp³-hybridized carbons (Fsp3) is 0. The maximum Gasteiger partial charge on any atom is 0.316 e. The highest BCUT2D eigenvalue weighted by Gasteiger charge is 0.351. The molecule has 0 amide bonds. The van der Waals surface area contributed by atoms with Gasteiger partial charge in [-0.05, 0) is 0 Å². The summed E-state index contributed by atoms with van der Waals surface area (Å²) in [4.78, 5) is 0. The summed E-state index contributed by atoms with van der Waals surface area (Å²) in [5.74, 6) is 0. The fourth-order valence-corrected chi connectivity index (χ4v) is 0. The summed E-state index contributed by atoms with van der Waals surface area (Å²) >= 11 is 0. The Bertz CT molecular complexity index is 21.7. The van der Waals surface area contributed by atoms with Gasteiger partial charge in [0.25, 0.3) is 0 Å². The maximum atomic E-state index is 0. The van der Waals surface area contributed by atoms with Gasteiger partial charge in [-0.2, -0.15) is 0 Å². The smallest absolute Gasteiger partial charge is 0.147 e. The molecule has 0 fully saturated rings. The molecule has 0 N–H and O–H groups in total. The average molecular weight is 1100 g/mol. The van der Waals surface area contributed by atoms with Crippen LogP contribution in [0.15, 0.2) is 0 Å². The van der Waals surface area contributed by atoms with Crippen molar-refractivity contribution in [2.24, 2.45) is 0 Å². The third-order valence-corrected chi connectivity index (χ3v) is 0. The molecule has 0 aliphatic heterocycles. The molecule has 0 bridgehead atoms. The molecule has 40 heavy (non-hydrogen) atoms. The lowest BCUT2D eigenvalue weighted by atomic mass is 24.3. The normalized spacial score (nSPS) is 0. The SMILES string of the molecule is Cl.Cl.Cl.Cl.Cl.[MgH2].[MgH2].[MgH2].[MgH2].[MgH2].[MgH2].[MgH2].[MgH2].[MgH2].[MgH2].[MgH2].[MgH2].[MgH2].[MgH2].[MgH2].[MgH2].[MgH2].[MgH2].[MgH2].[MgH2].[MgH2].[MgH2].[MgH2].[MgH2].[MgH2].[MgH2].[MgH2].[MgH2].[MgH2].[MgH2].[MgH2].[MgH2].[MgH2].[MgH2].[MgH2]. The third-order valence-electron chi connectivity index (χ3n) is 0. The van der Waals surface area contributed by atoms with Crippen LogP contribution < -0.4 is 0 Å². The van der Waals surface area contributed by atoms with Gasteiger partial charge in [0.05, 0.1) is 0 Å². The predicted molar refractivity (Wildman–Crippen MR) is 335 cm³/mol. The molecule has 0 spiro atoms. The molecule has 0 aliphatic carbocycles. The van der Waals surface area contributed by atoms with Crippen LogP contribution in [0.25, 0.3) is 0 Å². The highest BCUT2D eigenvalue weighted by atomic mass is 35.5. The first-order valence-electron chi connectivity index (χ1n) is 0. The number of halogens is 5. The van der Waals surface area contributed by atoms with Crippen LogP contribution in [-0.4, -0.2) is 807 Å². The minimum absolute atomic E-state index is 0. The van der Waals surface area contributed by atoms with Crippen LogP contribution in [0.4, 0.5) is 0 Å². The van der Waals surface area contributed by atoms with Gasteiger partial charge in [-0.3, -0.25) is 0 Å². The number of hydrogen-bond donors (Lipinski definition) is 0. The van der Waals surface area contributed by atoms with Crippen molar-refractivity contribution in [2.45, 2.75) is 0 Å². The Morgan fingerprint density at radius 2 is 0.0500 bits per heavy atom. The standard InChI is InChI=1S/5ClH.35Mg.70H/h5*1H;;;;;;;;;;;;;;;;;;;;;;;;;;;;;;;;;;;;;;;;;;;;;;;;;;;;;;;;;;;;;;;;;;;;;;;;;;;;;;;;;;;;;;;;;;;;;;;;;;;;;;;;;. The van der Waals surface area contributed by atoms with Gasteiger partial charge in [0.2, 0.25) is 0 Å². The van der Waals surface area contributed by atoms with Crippen molar-refractivity contribution in [2.75, 3.05) is 0 Å². The summed E-state index contributed by atoms with van der Waals surface area (Å²) < 4.78 is 0. The molecule has 0 saturated carbocycles. The molecule has 0 aromatic rings. The molecular weight excluding hydrogens is 1030 g/mol. The molecule has 0 rings (SSSR count). The fourth-order valence-electron chi connectivity index (χ4n) is 0. The molecule has 0 aliphatic rings. The van der Waals surface area contributed by atoms with Gasteiger partial charge in [-0.15, -0.1) is 62.0 Å². The lowest BCUT2D eigenvalue weighted by Crippen LogP contribution is -0.382. The van der Waals surface area contributed by atoms with Crippen molar-refractivity contribution < 1.29 is 0 Å². The summed E-state index contributed by atoms with van der Waals surface area (Å²) in [5, 5.41) is 0. The van der Waals surface area contributed by atoms with E-state index in [-0.39, 0.29) is 869 Å². The van der Waals surface area contributed by atoms with Crippen molar-refractivity contribution >= 4 is 869 Å². The minimum Gasteiger partial charge on any atom is -0.147 e. The van der Waals surface area contributed by atoms with Crippen LogP contribution in [-0.2, 0) is 0 Å². The largest absolute Gasteiger partial charge is 0.316 e. The number of rotatable bonds is 0. The molecule has 0 atom stereocenters. The second-order valence-corrected chi connectivity index (χ2v) is 0. The van der Waals surface area contributed by atoms with Crippen LogP contribution in [0.1, 0.15) is 0 Å². The van der Waals surface area contributed by atoms with E-state index in [1.54, 1.807) is 0 Å². The van der Waals surface area contributed by atoms with E-state index in [0.29, 0.717) is 0 Å². The molecule has 0 radical (unpaired) electrons. The van der Waals surface area contributed by atoms with Crippen LogP contribution in [0.3, 0.4) is 0 Å². The Labute approximate surface area is 842 Å². The quantitative estimate of drug-likeness (QED) is 0.212. The summed E-state index contributed by atoms with van der Waals surface area (Å²) in [7, 11) is 0. The first-order valence-corrected chi connectivity index (χ1v) is 0. The van der Waals surface area contributed by atoms with Gasteiger partial charge < -0.3 is 0 Å². The average Bonchev–Trinajstić information content (AvgIpc) is 0. The lowest BCUT2D eigenvalue weighted by Gasteiger charge is -0.148. The highest BCUT2D eigenvalue weighted by Crippen LogP contribution is 0.694. The molecule has 0 heterocycles. The predicted octanol–water partition coefficient (Wildman–Crippen LogP) is -30.0. The van der Waals surface area contributed by atoms with Crippen molar-refractivity contribution in [3.63, 3.8) is 0 Å². The van der Waals surface area contributed by atoms with E-state index in [2.05, 4.69) is 0 Å². The highest BCUT2D eigenvalue weighted by molar-refractivity contribution is 5.86. The Hall–Kier alpha value is 28.3. The van der Waals surface area contributed by atoms with E-state index >= 15 is 0 Å². The first-order chi connectivity index (χ1) is 0. The zero-order valence-corrected chi connectivity index (χ0v) is 6.12. The Morgan fingerprint density at radius 1 is 0.0500 bits per heavy atom. The van der Waals surface area contributed by atoms with Gasteiger partial charge in [-0.25, -0.2) is 0 Å². The topological polar surface area (TPSA) is 0 Å². The van der Waals surface area contributed by atoms with Crippen molar-refractivity contribution in [3.8, 4) is 0 Å². The second kappa shape index (κ2) is 370. The number of hydrogen-bond acceptors (Lipinski definition) is 0. The summed E-state index contributed by atoms with van der Waals surface area (Å²) in [6, 6.07) is 0. The molecule has 0 unspecified atom stereocenters. The lowest BCUT2D eigenvalue weighted by molar-refractivity contribution is 5.75. The van der Waals surface area contributed by atoms with E-state index in [4.69, 9.17) is 0 Å². The summed E-state index contributed by atoms with van der Waals surface area (Å²) in [6.45, 7) is 0. The van der Waals surface area contributed by atoms with Crippen molar-refractivity contribution in [1.29, 1.82) is 0 Å².